The van der Waals surface area contributed by atoms with Crippen LogP contribution in [0.3, 0.4) is 0 Å². The molecule has 1 aliphatic heterocycles. The van der Waals surface area contributed by atoms with Crippen LogP contribution in [0.15, 0.2) is 23.1 Å². The Bertz CT molecular complexity index is 353. The van der Waals surface area contributed by atoms with Crippen LogP contribution in [0.25, 0.3) is 0 Å². The van der Waals surface area contributed by atoms with Crippen LogP contribution in [0.5, 0.6) is 0 Å². The van der Waals surface area contributed by atoms with Crippen molar-refractivity contribution in [3.63, 3.8) is 0 Å². The minimum Gasteiger partial charge on any atom is -0.315 e. The smallest absolute Gasteiger partial charge is 0.0735 e. The van der Waals surface area contributed by atoms with E-state index >= 15 is 0 Å². The van der Waals surface area contributed by atoms with Crippen molar-refractivity contribution in [2.45, 2.75) is 29.7 Å². The average molecular weight is 242 g/mol. The highest BCUT2D eigenvalue weighted by Gasteiger charge is 2.18. The van der Waals surface area contributed by atoms with Gasteiger partial charge in [0.1, 0.15) is 0 Å². The van der Waals surface area contributed by atoms with E-state index < -0.39 is 0 Å². The quantitative estimate of drug-likeness (QED) is 0.816. The Morgan fingerprint density at radius 3 is 3.00 bits per heavy atom. The number of hydrogen-bond donors (Lipinski definition) is 1. The van der Waals surface area contributed by atoms with Crippen molar-refractivity contribution in [1.82, 2.24) is 5.32 Å². The summed E-state index contributed by atoms with van der Waals surface area (Å²) in [6.45, 7) is 2.11. The molecule has 0 fully saturated rings. The van der Waals surface area contributed by atoms with E-state index in [9.17, 15) is 0 Å². The first-order valence-electron chi connectivity index (χ1n) is 5.29. The summed E-state index contributed by atoms with van der Waals surface area (Å²) < 4.78 is 0. The summed E-state index contributed by atoms with van der Waals surface area (Å²) in [5, 5.41) is 3.25. The van der Waals surface area contributed by atoms with Gasteiger partial charge >= 0.3 is 0 Å². The molecule has 1 aromatic rings. The molecule has 2 rings (SSSR count). The second-order valence-electron chi connectivity index (χ2n) is 3.94. The Kier molecular flexibility index (Phi) is 3.60. The van der Waals surface area contributed by atoms with Crippen LogP contribution in [0.4, 0.5) is 0 Å². The average Bonchev–Trinajstić information content (AvgIpc) is 2.73. The maximum absolute atomic E-state index is 6.39. The number of alkyl halides is 1. The molecule has 1 heterocycles. The number of aryl methyl sites for hydroxylation is 1. The molecule has 1 aromatic carbocycles. The Hall–Kier alpha value is -0.180. The van der Waals surface area contributed by atoms with Crippen LogP contribution in [0.1, 0.15) is 23.4 Å². The fourth-order valence-corrected chi connectivity index (χ4v) is 3.13. The van der Waals surface area contributed by atoms with E-state index in [4.69, 9.17) is 11.6 Å². The molecule has 0 radical (unpaired) electrons. The lowest BCUT2D eigenvalue weighted by atomic mass is 10.0. The van der Waals surface area contributed by atoms with Gasteiger partial charge in [-0.05, 0) is 37.6 Å². The number of likely N-dealkylation sites (N-methyl/N-ethyl adjacent to an activating group) is 1. The Labute approximate surface area is 101 Å². The first-order chi connectivity index (χ1) is 7.22. The largest absolute Gasteiger partial charge is 0.315 e. The predicted octanol–water partition coefficient (Wildman–Crippen LogP) is 3.22. The van der Waals surface area contributed by atoms with Crippen LogP contribution >= 0.6 is 23.4 Å². The Morgan fingerprint density at radius 2 is 2.27 bits per heavy atom. The van der Waals surface area contributed by atoms with Crippen molar-refractivity contribution in [2.24, 2.45) is 0 Å². The van der Waals surface area contributed by atoms with Gasteiger partial charge in [-0.1, -0.05) is 12.1 Å². The lowest BCUT2D eigenvalue weighted by Crippen LogP contribution is -2.25. The number of benzene rings is 1. The molecule has 0 spiro atoms. The molecule has 1 nitrogen and oxygen atoms in total. The fraction of sp³-hybridized carbons (Fsp3) is 0.500. The summed E-state index contributed by atoms with van der Waals surface area (Å²) in [6.07, 6.45) is 1.19. The standard InChI is InChI=1S/C12H16ClNS/c1-8(14-2)12(13)10-3-4-11-9(7-10)5-6-15-11/h3-4,7-8,12,14H,5-6H2,1-2H3. The molecular weight excluding hydrogens is 226 g/mol. The number of halogens is 1. The van der Waals surface area contributed by atoms with Gasteiger partial charge in [-0.15, -0.1) is 23.4 Å². The molecule has 0 aromatic heterocycles. The summed E-state index contributed by atoms with van der Waals surface area (Å²) in [5.74, 6) is 1.22. The molecular formula is C12H16ClNS. The highest BCUT2D eigenvalue weighted by Crippen LogP contribution is 2.34. The van der Waals surface area contributed by atoms with Crippen molar-refractivity contribution in [3.05, 3.63) is 29.3 Å². The van der Waals surface area contributed by atoms with E-state index in [0.29, 0.717) is 6.04 Å². The van der Waals surface area contributed by atoms with Crippen LogP contribution < -0.4 is 5.32 Å². The summed E-state index contributed by atoms with van der Waals surface area (Å²) >= 11 is 8.33. The van der Waals surface area contributed by atoms with E-state index in [1.807, 2.05) is 18.8 Å². The SMILES string of the molecule is CNC(C)C(Cl)c1ccc2c(c1)CCS2. The normalized spacial score (nSPS) is 18.6. The van der Waals surface area contributed by atoms with Gasteiger partial charge in [0.2, 0.25) is 0 Å². The zero-order chi connectivity index (χ0) is 10.8. The van der Waals surface area contributed by atoms with Crippen molar-refractivity contribution in [2.75, 3.05) is 12.8 Å². The molecule has 0 amide bonds. The summed E-state index contributed by atoms with van der Waals surface area (Å²) in [5.41, 5.74) is 2.70. The second-order valence-corrected chi connectivity index (χ2v) is 5.55. The van der Waals surface area contributed by atoms with Crippen molar-refractivity contribution < 1.29 is 0 Å². The van der Waals surface area contributed by atoms with Gasteiger partial charge in [-0.25, -0.2) is 0 Å². The van der Waals surface area contributed by atoms with Gasteiger partial charge in [-0.2, -0.15) is 0 Å². The molecule has 82 valence electrons. The molecule has 3 heteroatoms. The molecule has 2 atom stereocenters. The van der Waals surface area contributed by atoms with E-state index in [2.05, 4.69) is 30.4 Å². The molecule has 0 bridgehead atoms. The Morgan fingerprint density at radius 1 is 1.47 bits per heavy atom. The third kappa shape index (κ3) is 2.32. The monoisotopic (exact) mass is 241 g/mol. The summed E-state index contributed by atoms with van der Waals surface area (Å²) in [7, 11) is 1.95. The third-order valence-electron chi connectivity index (χ3n) is 2.93. The third-order valence-corrected chi connectivity index (χ3v) is 4.67. The van der Waals surface area contributed by atoms with Gasteiger partial charge in [-0.3, -0.25) is 0 Å². The van der Waals surface area contributed by atoms with Crippen LogP contribution in [0.2, 0.25) is 0 Å². The van der Waals surface area contributed by atoms with Crippen molar-refractivity contribution in [3.8, 4) is 0 Å². The number of fused-ring (bicyclic) bond motifs is 1. The highest BCUT2D eigenvalue weighted by atomic mass is 35.5. The minimum absolute atomic E-state index is 0.0610. The van der Waals surface area contributed by atoms with Gasteiger partial charge in [0.05, 0.1) is 5.38 Å². The van der Waals surface area contributed by atoms with Crippen LogP contribution in [-0.2, 0) is 6.42 Å². The van der Waals surface area contributed by atoms with E-state index in [1.54, 1.807) is 0 Å². The van der Waals surface area contributed by atoms with Gasteiger partial charge in [0.15, 0.2) is 0 Å². The number of thioether (sulfide) groups is 1. The minimum atomic E-state index is 0.0610. The fourth-order valence-electron chi connectivity index (χ4n) is 1.81. The van der Waals surface area contributed by atoms with Crippen molar-refractivity contribution >= 4 is 23.4 Å². The summed E-state index contributed by atoms with van der Waals surface area (Å²) in [6, 6.07) is 6.93. The van der Waals surface area contributed by atoms with E-state index in [-0.39, 0.29) is 5.38 Å². The second kappa shape index (κ2) is 4.77. The molecule has 0 saturated carbocycles. The zero-order valence-electron chi connectivity index (χ0n) is 9.09. The highest BCUT2D eigenvalue weighted by molar-refractivity contribution is 7.99. The molecule has 1 aliphatic rings. The zero-order valence-corrected chi connectivity index (χ0v) is 10.7. The van der Waals surface area contributed by atoms with Crippen LogP contribution in [0, 0.1) is 0 Å². The van der Waals surface area contributed by atoms with E-state index in [0.717, 1.165) is 0 Å². The lowest BCUT2D eigenvalue weighted by Gasteiger charge is -2.18. The van der Waals surface area contributed by atoms with Crippen molar-refractivity contribution in [1.29, 1.82) is 0 Å². The maximum atomic E-state index is 6.39. The van der Waals surface area contributed by atoms with Gasteiger partial charge < -0.3 is 5.32 Å². The van der Waals surface area contributed by atoms with Gasteiger partial charge in [0, 0.05) is 16.7 Å². The lowest BCUT2D eigenvalue weighted by molar-refractivity contribution is 0.591. The number of hydrogen-bond acceptors (Lipinski definition) is 2. The molecule has 1 N–H and O–H groups in total. The molecule has 15 heavy (non-hydrogen) atoms. The first kappa shape index (κ1) is 11.3. The van der Waals surface area contributed by atoms with E-state index in [1.165, 1.54) is 28.2 Å². The summed E-state index contributed by atoms with van der Waals surface area (Å²) in [4.78, 5) is 1.43. The molecule has 2 unspecified atom stereocenters. The number of nitrogens with one attached hydrogen (secondary N) is 1. The van der Waals surface area contributed by atoms with Crippen LogP contribution in [-0.4, -0.2) is 18.8 Å². The number of rotatable bonds is 3. The van der Waals surface area contributed by atoms with Gasteiger partial charge in [0.25, 0.3) is 0 Å². The molecule has 0 saturated heterocycles. The predicted molar refractivity (Wildman–Crippen MR) is 68.0 cm³/mol. The first-order valence-corrected chi connectivity index (χ1v) is 6.71. The molecule has 0 aliphatic carbocycles. The Balaban J connectivity index is 2.22. The topological polar surface area (TPSA) is 12.0 Å². The maximum Gasteiger partial charge on any atom is 0.0735 e.